The minimum absolute atomic E-state index is 0.0164. The first-order chi connectivity index (χ1) is 9.06. The van der Waals surface area contributed by atoms with Gasteiger partial charge in [0.15, 0.2) is 0 Å². The SMILES string of the molecule is O=C(O)C1CC1c1ccc(-c2ccc(Cl)cc2Cl)o1. The van der Waals surface area contributed by atoms with E-state index >= 15 is 0 Å². The second-order valence-corrected chi connectivity index (χ2v) is 5.46. The number of halogens is 2. The topological polar surface area (TPSA) is 50.4 Å². The van der Waals surface area contributed by atoms with Crippen LogP contribution in [0.25, 0.3) is 11.3 Å². The van der Waals surface area contributed by atoms with Crippen molar-refractivity contribution in [3.05, 3.63) is 46.1 Å². The van der Waals surface area contributed by atoms with Crippen molar-refractivity contribution in [1.29, 1.82) is 0 Å². The number of rotatable bonds is 3. The van der Waals surface area contributed by atoms with Gasteiger partial charge in [0.05, 0.1) is 10.9 Å². The first-order valence-corrected chi connectivity index (χ1v) is 6.60. The van der Waals surface area contributed by atoms with Crippen LogP contribution in [0.5, 0.6) is 0 Å². The summed E-state index contributed by atoms with van der Waals surface area (Å²) in [4.78, 5) is 10.8. The van der Waals surface area contributed by atoms with Crippen molar-refractivity contribution in [2.75, 3.05) is 0 Å². The van der Waals surface area contributed by atoms with Gasteiger partial charge in [0.25, 0.3) is 0 Å². The number of benzene rings is 1. The number of aliphatic carboxylic acids is 1. The molecule has 1 aliphatic carbocycles. The van der Waals surface area contributed by atoms with Gasteiger partial charge in [-0.05, 0) is 36.8 Å². The van der Waals surface area contributed by atoms with Gasteiger partial charge in [-0.3, -0.25) is 4.79 Å². The summed E-state index contributed by atoms with van der Waals surface area (Å²) in [6.45, 7) is 0. The summed E-state index contributed by atoms with van der Waals surface area (Å²) in [5.74, 6) is 0.227. The van der Waals surface area contributed by atoms with Gasteiger partial charge in [-0.2, -0.15) is 0 Å². The summed E-state index contributed by atoms with van der Waals surface area (Å²) in [5.41, 5.74) is 0.754. The maximum absolute atomic E-state index is 10.8. The van der Waals surface area contributed by atoms with E-state index < -0.39 is 5.97 Å². The van der Waals surface area contributed by atoms with E-state index in [0.29, 0.717) is 28.0 Å². The molecule has 5 heteroatoms. The molecule has 1 saturated carbocycles. The molecular formula is C14H10Cl2O3. The summed E-state index contributed by atoms with van der Waals surface area (Å²) in [6, 6.07) is 8.80. The molecule has 1 heterocycles. The summed E-state index contributed by atoms with van der Waals surface area (Å²) in [5, 5.41) is 9.98. The van der Waals surface area contributed by atoms with E-state index in [4.69, 9.17) is 32.7 Å². The van der Waals surface area contributed by atoms with Crippen LogP contribution in [0.2, 0.25) is 10.0 Å². The van der Waals surface area contributed by atoms with Crippen LogP contribution in [0.3, 0.4) is 0 Å². The summed E-state index contributed by atoms with van der Waals surface area (Å²) < 4.78 is 5.70. The largest absolute Gasteiger partial charge is 0.481 e. The number of furan rings is 1. The molecule has 0 spiro atoms. The number of hydrogen-bond donors (Lipinski definition) is 1. The van der Waals surface area contributed by atoms with Crippen LogP contribution in [0, 0.1) is 5.92 Å². The molecule has 2 aromatic rings. The summed E-state index contributed by atoms with van der Waals surface area (Å²) >= 11 is 12.0. The fourth-order valence-electron chi connectivity index (χ4n) is 2.17. The van der Waals surface area contributed by atoms with E-state index in [1.165, 1.54) is 0 Å². The van der Waals surface area contributed by atoms with Gasteiger partial charge in [0, 0.05) is 16.5 Å². The number of carboxylic acid groups (broad SMARTS) is 1. The minimum atomic E-state index is -0.771. The molecule has 98 valence electrons. The van der Waals surface area contributed by atoms with Crippen molar-refractivity contribution in [2.45, 2.75) is 12.3 Å². The highest BCUT2D eigenvalue weighted by molar-refractivity contribution is 6.36. The monoisotopic (exact) mass is 296 g/mol. The average molecular weight is 297 g/mol. The molecule has 3 nitrogen and oxygen atoms in total. The van der Waals surface area contributed by atoms with E-state index in [9.17, 15) is 4.79 Å². The van der Waals surface area contributed by atoms with Crippen molar-refractivity contribution in [3.63, 3.8) is 0 Å². The van der Waals surface area contributed by atoms with Crippen molar-refractivity contribution in [2.24, 2.45) is 5.92 Å². The molecule has 3 rings (SSSR count). The van der Waals surface area contributed by atoms with Crippen LogP contribution in [0.1, 0.15) is 18.1 Å². The van der Waals surface area contributed by atoms with Crippen molar-refractivity contribution in [1.82, 2.24) is 0 Å². The number of carboxylic acids is 1. The Morgan fingerprint density at radius 3 is 2.68 bits per heavy atom. The molecule has 1 aliphatic rings. The molecule has 1 fully saturated rings. The molecule has 1 aromatic carbocycles. The summed E-state index contributed by atoms with van der Waals surface area (Å²) in [7, 11) is 0. The van der Waals surface area contributed by atoms with Crippen LogP contribution in [0.4, 0.5) is 0 Å². The normalized spacial score (nSPS) is 21.4. The van der Waals surface area contributed by atoms with Gasteiger partial charge in [-0.15, -0.1) is 0 Å². The maximum Gasteiger partial charge on any atom is 0.307 e. The fourth-order valence-corrected chi connectivity index (χ4v) is 2.67. The van der Waals surface area contributed by atoms with Crippen LogP contribution in [-0.4, -0.2) is 11.1 Å². The second kappa shape index (κ2) is 4.58. The Hall–Kier alpha value is -1.45. The Kier molecular flexibility index (Phi) is 3.03. The molecule has 0 saturated heterocycles. The van der Waals surface area contributed by atoms with Crippen LogP contribution >= 0.6 is 23.2 Å². The van der Waals surface area contributed by atoms with E-state index in [1.54, 1.807) is 18.2 Å². The third kappa shape index (κ3) is 2.36. The first kappa shape index (κ1) is 12.6. The van der Waals surface area contributed by atoms with Gasteiger partial charge < -0.3 is 9.52 Å². The smallest absolute Gasteiger partial charge is 0.307 e. The Morgan fingerprint density at radius 1 is 1.26 bits per heavy atom. The molecule has 19 heavy (non-hydrogen) atoms. The van der Waals surface area contributed by atoms with Crippen molar-refractivity contribution in [3.8, 4) is 11.3 Å². The molecule has 1 aromatic heterocycles. The molecule has 1 N–H and O–H groups in total. The molecule has 2 atom stereocenters. The quantitative estimate of drug-likeness (QED) is 0.911. The van der Waals surface area contributed by atoms with Crippen LogP contribution < -0.4 is 0 Å². The predicted octanol–water partition coefficient (Wildman–Crippen LogP) is 4.44. The summed E-state index contributed by atoms with van der Waals surface area (Å²) in [6.07, 6.45) is 0.636. The van der Waals surface area contributed by atoms with Crippen molar-refractivity contribution < 1.29 is 14.3 Å². The lowest BCUT2D eigenvalue weighted by molar-refractivity contribution is -0.138. The lowest BCUT2D eigenvalue weighted by Gasteiger charge is -2.01. The highest BCUT2D eigenvalue weighted by Gasteiger charge is 2.46. The van der Waals surface area contributed by atoms with Gasteiger partial charge in [-0.25, -0.2) is 0 Å². The zero-order valence-electron chi connectivity index (χ0n) is 9.77. The fraction of sp³-hybridized carbons (Fsp3) is 0.214. The molecule has 0 aliphatic heterocycles. The third-order valence-electron chi connectivity index (χ3n) is 3.30. The van der Waals surface area contributed by atoms with E-state index in [2.05, 4.69) is 0 Å². The van der Waals surface area contributed by atoms with E-state index in [0.717, 1.165) is 5.56 Å². The molecule has 0 amide bonds. The Morgan fingerprint density at radius 2 is 2.05 bits per heavy atom. The standard InChI is InChI=1S/C14H10Cl2O3/c15-7-1-2-8(11(16)5-7)12-3-4-13(19-12)9-6-10(9)14(17)18/h1-5,9-10H,6H2,(H,17,18). The van der Waals surface area contributed by atoms with E-state index in [1.807, 2.05) is 12.1 Å². The zero-order valence-corrected chi connectivity index (χ0v) is 11.3. The molecular weight excluding hydrogens is 287 g/mol. The number of carbonyl (C=O) groups is 1. The third-order valence-corrected chi connectivity index (χ3v) is 3.84. The van der Waals surface area contributed by atoms with E-state index in [-0.39, 0.29) is 11.8 Å². The lowest BCUT2D eigenvalue weighted by Crippen LogP contribution is -1.98. The first-order valence-electron chi connectivity index (χ1n) is 5.84. The molecule has 0 radical (unpaired) electrons. The van der Waals surface area contributed by atoms with Crippen molar-refractivity contribution >= 4 is 29.2 Å². The average Bonchev–Trinajstić information content (AvgIpc) is 3.01. The minimum Gasteiger partial charge on any atom is -0.481 e. The lowest BCUT2D eigenvalue weighted by atomic mass is 10.2. The Balaban J connectivity index is 1.88. The van der Waals surface area contributed by atoms with Crippen LogP contribution in [-0.2, 0) is 4.79 Å². The highest BCUT2D eigenvalue weighted by Crippen LogP contribution is 2.49. The zero-order chi connectivity index (χ0) is 13.6. The molecule has 2 unspecified atom stereocenters. The van der Waals surface area contributed by atoms with Gasteiger partial charge in [0.1, 0.15) is 11.5 Å². The van der Waals surface area contributed by atoms with Gasteiger partial charge in [0.2, 0.25) is 0 Å². The van der Waals surface area contributed by atoms with Gasteiger partial charge in [-0.1, -0.05) is 23.2 Å². The maximum atomic E-state index is 10.8. The highest BCUT2D eigenvalue weighted by atomic mass is 35.5. The predicted molar refractivity (Wildman–Crippen MR) is 72.6 cm³/mol. The molecule has 0 bridgehead atoms. The Bertz CT molecular complexity index is 648. The van der Waals surface area contributed by atoms with Crippen LogP contribution in [0.15, 0.2) is 34.7 Å². The Labute approximate surface area is 119 Å². The van der Waals surface area contributed by atoms with Gasteiger partial charge >= 0.3 is 5.97 Å². The number of hydrogen-bond acceptors (Lipinski definition) is 2. The second-order valence-electron chi connectivity index (χ2n) is 4.61.